The number of rotatable bonds is 2. The molecule has 1 fully saturated rings. The molecule has 1 saturated heterocycles. The summed E-state index contributed by atoms with van der Waals surface area (Å²) in [6, 6.07) is 9.31. The van der Waals surface area contributed by atoms with Crippen molar-refractivity contribution in [1.29, 1.82) is 0 Å². The third kappa shape index (κ3) is 3.81. The number of amides is 2. The molecular weight excluding hydrogens is 314 g/mol. The standard InChI is InChI=1S/C20H25N3O2/c1-12-5-6-13-11-14(7-8-15(13)21-12)19(25)22-16-9-10-17(24)23-18(16)20(2,3)4/h5-8,11,16,18H,9-10H2,1-4H3,(H,22,25)(H,23,24)/t16-,18-/m1/s1. The van der Waals surface area contributed by atoms with Crippen LogP contribution in [0, 0.1) is 12.3 Å². The van der Waals surface area contributed by atoms with Gasteiger partial charge in [-0.2, -0.15) is 0 Å². The van der Waals surface area contributed by atoms with E-state index in [0.29, 0.717) is 18.4 Å². The number of carbonyl (C=O) groups is 2. The minimum atomic E-state index is -0.126. The van der Waals surface area contributed by atoms with E-state index in [1.807, 2.05) is 31.2 Å². The van der Waals surface area contributed by atoms with E-state index in [0.717, 1.165) is 16.6 Å². The van der Waals surface area contributed by atoms with Gasteiger partial charge in [-0.15, -0.1) is 0 Å². The van der Waals surface area contributed by atoms with Crippen molar-refractivity contribution in [3.63, 3.8) is 0 Å². The van der Waals surface area contributed by atoms with Crippen LogP contribution in [0.1, 0.15) is 49.7 Å². The van der Waals surface area contributed by atoms with E-state index in [1.54, 1.807) is 6.07 Å². The Hall–Kier alpha value is -2.43. The van der Waals surface area contributed by atoms with Crippen molar-refractivity contribution in [2.45, 2.75) is 52.6 Å². The van der Waals surface area contributed by atoms with Gasteiger partial charge < -0.3 is 10.6 Å². The Balaban J connectivity index is 1.81. The van der Waals surface area contributed by atoms with Crippen LogP contribution in [-0.2, 0) is 4.79 Å². The minimum Gasteiger partial charge on any atom is -0.351 e. The number of nitrogens with zero attached hydrogens (tertiary/aromatic N) is 1. The third-order valence-corrected chi connectivity index (χ3v) is 4.74. The summed E-state index contributed by atoms with van der Waals surface area (Å²) in [5.41, 5.74) is 2.33. The Morgan fingerprint density at radius 2 is 2.00 bits per heavy atom. The number of benzene rings is 1. The molecule has 2 atom stereocenters. The first-order valence-electron chi connectivity index (χ1n) is 8.72. The maximum atomic E-state index is 12.7. The highest BCUT2D eigenvalue weighted by atomic mass is 16.2. The molecule has 25 heavy (non-hydrogen) atoms. The van der Waals surface area contributed by atoms with Gasteiger partial charge >= 0.3 is 0 Å². The molecule has 2 heterocycles. The fourth-order valence-corrected chi connectivity index (χ4v) is 3.40. The zero-order valence-electron chi connectivity index (χ0n) is 15.2. The molecule has 5 nitrogen and oxygen atoms in total. The van der Waals surface area contributed by atoms with Crippen molar-refractivity contribution in [3.8, 4) is 0 Å². The lowest BCUT2D eigenvalue weighted by Gasteiger charge is -2.41. The fraction of sp³-hybridized carbons (Fsp3) is 0.450. The number of fused-ring (bicyclic) bond motifs is 1. The summed E-state index contributed by atoms with van der Waals surface area (Å²) in [5.74, 6) is -0.0598. The zero-order chi connectivity index (χ0) is 18.2. The Labute approximate surface area is 148 Å². The SMILES string of the molecule is Cc1ccc2cc(C(=O)N[C@@H]3CCC(=O)N[C@H]3C(C)(C)C)ccc2n1. The summed E-state index contributed by atoms with van der Waals surface area (Å²) in [4.78, 5) is 29.0. The molecule has 0 unspecified atom stereocenters. The first-order valence-corrected chi connectivity index (χ1v) is 8.72. The third-order valence-electron chi connectivity index (χ3n) is 4.74. The van der Waals surface area contributed by atoms with Crippen LogP contribution in [-0.4, -0.2) is 28.9 Å². The van der Waals surface area contributed by atoms with Crippen LogP contribution in [0.3, 0.4) is 0 Å². The van der Waals surface area contributed by atoms with Crippen LogP contribution >= 0.6 is 0 Å². The lowest BCUT2D eigenvalue weighted by molar-refractivity contribution is -0.125. The van der Waals surface area contributed by atoms with Gasteiger partial charge in [-0.05, 0) is 43.0 Å². The molecule has 0 saturated carbocycles. The number of aromatic nitrogens is 1. The van der Waals surface area contributed by atoms with Gasteiger partial charge in [-0.3, -0.25) is 14.6 Å². The van der Waals surface area contributed by atoms with Gasteiger partial charge in [0.25, 0.3) is 5.91 Å². The predicted molar refractivity (Wildman–Crippen MR) is 98.4 cm³/mol. The summed E-state index contributed by atoms with van der Waals surface area (Å²) >= 11 is 0. The normalized spacial score (nSPS) is 21.0. The molecule has 0 bridgehead atoms. The molecule has 1 aliphatic rings. The molecule has 132 valence electrons. The Kier molecular flexibility index (Phi) is 4.50. The highest BCUT2D eigenvalue weighted by molar-refractivity contribution is 5.98. The molecule has 2 N–H and O–H groups in total. The van der Waals surface area contributed by atoms with Gasteiger partial charge in [-0.25, -0.2) is 0 Å². The topological polar surface area (TPSA) is 71.1 Å². The molecule has 5 heteroatoms. The number of pyridine rings is 1. The van der Waals surface area contributed by atoms with Crippen molar-refractivity contribution in [2.24, 2.45) is 5.41 Å². The second-order valence-corrected chi connectivity index (χ2v) is 7.89. The number of hydrogen-bond donors (Lipinski definition) is 2. The van der Waals surface area contributed by atoms with Gasteiger partial charge in [0.05, 0.1) is 17.6 Å². The summed E-state index contributed by atoms with van der Waals surface area (Å²) in [6.45, 7) is 8.18. The zero-order valence-corrected chi connectivity index (χ0v) is 15.2. The largest absolute Gasteiger partial charge is 0.351 e. The van der Waals surface area contributed by atoms with Gasteiger partial charge in [0, 0.05) is 23.1 Å². The molecule has 1 aromatic carbocycles. The van der Waals surface area contributed by atoms with Gasteiger partial charge in [0.15, 0.2) is 0 Å². The van der Waals surface area contributed by atoms with Crippen LogP contribution in [0.2, 0.25) is 0 Å². The lowest BCUT2D eigenvalue weighted by Crippen LogP contribution is -2.60. The highest BCUT2D eigenvalue weighted by Gasteiger charge is 2.37. The molecule has 0 aliphatic carbocycles. The average Bonchev–Trinajstić information content (AvgIpc) is 2.55. The Bertz CT molecular complexity index is 823. The van der Waals surface area contributed by atoms with Crippen LogP contribution in [0.5, 0.6) is 0 Å². The van der Waals surface area contributed by atoms with Crippen molar-refractivity contribution in [1.82, 2.24) is 15.6 Å². The average molecular weight is 339 g/mol. The van der Waals surface area contributed by atoms with E-state index in [4.69, 9.17) is 0 Å². The summed E-state index contributed by atoms with van der Waals surface area (Å²) in [5, 5.41) is 7.10. The first-order chi connectivity index (χ1) is 11.7. The lowest BCUT2D eigenvalue weighted by atomic mass is 9.78. The summed E-state index contributed by atoms with van der Waals surface area (Å²) in [7, 11) is 0. The number of aryl methyl sites for hydroxylation is 1. The molecular formula is C20H25N3O2. The molecule has 0 radical (unpaired) electrons. The summed E-state index contributed by atoms with van der Waals surface area (Å²) in [6.07, 6.45) is 1.10. The highest BCUT2D eigenvalue weighted by Crippen LogP contribution is 2.27. The maximum absolute atomic E-state index is 12.7. The number of piperidine rings is 1. The van der Waals surface area contributed by atoms with Gasteiger partial charge in [-0.1, -0.05) is 26.8 Å². The van der Waals surface area contributed by atoms with Crippen LogP contribution in [0.15, 0.2) is 30.3 Å². The van der Waals surface area contributed by atoms with Crippen molar-refractivity contribution in [2.75, 3.05) is 0 Å². The van der Waals surface area contributed by atoms with E-state index in [2.05, 4.69) is 36.4 Å². The maximum Gasteiger partial charge on any atom is 0.251 e. The van der Waals surface area contributed by atoms with Crippen molar-refractivity contribution in [3.05, 3.63) is 41.6 Å². The Morgan fingerprint density at radius 3 is 2.72 bits per heavy atom. The smallest absolute Gasteiger partial charge is 0.251 e. The van der Waals surface area contributed by atoms with Gasteiger partial charge in [0.1, 0.15) is 0 Å². The predicted octanol–water partition coefficient (Wildman–Crippen LogP) is 2.97. The van der Waals surface area contributed by atoms with E-state index < -0.39 is 0 Å². The molecule has 1 aliphatic heterocycles. The number of nitrogens with one attached hydrogen (secondary N) is 2. The second kappa shape index (κ2) is 6.47. The van der Waals surface area contributed by atoms with E-state index in [9.17, 15) is 9.59 Å². The fourth-order valence-electron chi connectivity index (χ4n) is 3.40. The monoisotopic (exact) mass is 339 g/mol. The van der Waals surface area contributed by atoms with Crippen LogP contribution in [0.4, 0.5) is 0 Å². The Morgan fingerprint density at radius 1 is 1.24 bits per heavy atom. The van der Waals surface area contributed by atoms with E-state index in [1.165, 1.54) is 0 Å². The molecule has 1 aromatic heterocycles. The minimum absolute atomic E-state index is 0.0533. The van der Waals surface area contributed by atoms with Gasteiger partial charge in [0.2, 0.25) is 5.91 Å². The van der Waals surface area contributed by atoms with E-state index >= 15 is 0 Å². The van der Waals surface area contributed by atoms with Crippen LogP contribution < -0.4 is 10.6 Å². The van der Waals surface area contributed by atoms with Crippen molar-refractivity contribution < 1.29 is 9.59 Å². The molecule has 3 rings (SSSR count). The first kappa shape index (κ1) is 17.4. The van der Waals surface area contributed by atoms with E-state index in [-0.39, 0.29) is 29.3 Å². The molecule has 0 spiro atoms. The quantitative estimate of drug-likeness (QED) is 0.884. The molecule has 2 aromatic rings. The number of carbonyl (C=O) groups excluding carboxylic acids is 2. The number of hydrogen-bond acceptors (Lipinski definition) is 3. The summed E-state index contributed by atoms with van der Waals surface area (Å²) < 4.78 is 0. The molecule has 2 amide bonds. The second-order valence-electron chi connectivity index (χ2n) is 7.89. The van der Waals surface area contributed by atoms with Crippen LogP contribution in [0.25, 0.3) is 10.9 Å². The van der Waals surface area contributed by atoms with Crippen molar-refractivity contribution >= 4 is 22.7 Å².